The third kappa shape index (κ3) is 2.80. The van der Waals surface area contributed by atoms with Crippen molar-refractivity contribution in [2.45, 2.75) is 13.8 Å². The van der Waals surface area contributed by atoms with Gasteiger partial charge in [0.2, 0.25) is 5.91 Å². The number of nitriles is 1. The maximum Gasteiger partial charge on any atom is 0.244 e. The lowest BCUT2D eigenvalue weighted by molar-refractivity contribution is -0.121. The minimum absolute atomic E-state index is 0.0142. The van der Waals surface area contributed by atoms with Crippen LogP contribution in [0.1, 0.15) is 13.8 Å². The highest BCUT2D eigenvalue weighted by atomic mass is 16.5. The summed E-state index contributed by atoms with van der Waals surface area (Å²) < 4.78 is 5.21. The fourth-order valence-electron chi connectivity index (χ4n) is 1.72. The molecular formula is C14H18N2O2. The lowest BCUT2D eigenvalue weighted by atomic mass is 9.96. The summed E-state index contributed by atoms with van der Waals surface area (Å²) in [6.07, 6.45) is 0. The molecule has 1 rings (SSSR count). The van der Waals surface area contributed by atoms with Crippen LogP contribution in [0.5, 0.6) is 5.75 Å². The monoisotopic (exact) mass is 246 g/mol. The van der Waals surface area contributed by atoms with Crippen molar-refractivity contribution in [3.8, 4) is 11.8 Å². The van der Waals surface area contributed by atoms with Gasteiger partial charge >= 0.3 is 0 Å². The van der Waals surface area contributed by atoms with Crippen LogP contribution in [-0.2, 0) is 4.79 Å². The predicted octanol–water partition coefficient (Wildman–Crippen LogP) is 2.45. The standard InChI is InChI=1S/C14H18N2O2/c1-10(2)11(9-15)14(17)16(3)12-7-5-6-8-13(12)18-4/h5-8,10-11H,1-4H3. The van der Waals surface area contributed by atoms with Crippen molar-refractivity contribution in [3.63, 3.8) is 0 Å². The topological polar surface area (TPSA) is 53.3 Å². The Labute approximate surface area is 108 Å². The first-order valence-corrected chi connectivity index (χ1v) is 5.83. The lowest BCUT2D eigenvalue weighted by Crippen LogP contribution is -2.34. The number of carbonyl (C=O) groups excluding carboxylic acids is 1. The molecule has 0 N–H and O–H groups in total. The predicted molar refractivity (Wildman–Crippen MR) is 70.3 cm³/mol. The molecular weight excluding hydrogens is 228 g/mol. The smallest absolute Gasteiger partial charge is 0.244 e. The van der Waals surface area contributed by atoms with Gasteiger partial charge in [-0.25, -0.2) is 0 Å². The maximum atomic E-state index is 12.2. The summed E-state index contributed by atoms with van der Waals surface area (Å²) in [4.78, 5) is 13.7. The molecule has 18 heavy (non-hydrogen) atoms. The second-order valence-electron chi connectivity index (χ2n) is 4.42. The fourth-order valence-corrected chi connectivity index (χ4v) is 1.72. The Bertz CT molecular complexity index is 463. The molecule has 0 aromatic heterocycles. The Morgan fingerprint density at radius 3 is 2.50 bits per heavy atom. The molecule has 1 atom stereocenters. The van der Waals surface area contributed by atoms with Gasteiger partial charge in [-0.05, 0) is 18.1 Å². The van der Waals surface area contributed by atoms with E-state index in [-0.39, 0.29) is 11.8 Å². The number of hydrogen-bond donors (Lipinski definition) is 0. The van der Waals surface area contributed by atoms with Gasteiger partial charge in [0, 0.05) is 7.05 Å². The Kier molecular flexibility index (Phi) is 4.73. The van der Waals surface area contributed by atoms with Crippen molar-refractivity contribution >= 4 is 11.6 Å². The van der Waals surface area contributed by atoms with Gasteiger partial charge in [-0.1, -0.05) is 26.0 Å². The van der Waals surface area contributed by atoms with E-state index in [0.29, 0.717) is 11.4 Å². The normalized spacial score (nSPS) is 11.8. The molecule has 0 bridgehead atoms. The van der Waals surface area contributed by atoms with Crippen molar-refractivity contribution in [3.05, 3.63) is 24.3 Å². The molecule has 1 amide bonds. The molecule has 0 radical (unpaired) electrons. The van der Waals surface area contributed by atoms with Crippen LogP contribution in [0.3, 0.4) is 0 Å². The third-order valence-corrected chi connectivity index (χ3v) is 2.85. The molecule has 0 spiro atoms. The number of amides is 1. The number of rotatable bonds is 4. The van der Waals surface area contributed by atoms with Gasteiger partial charge in [-0.2, -0.15) is 5.26 Å². The average molecular weight is 246 g/mol. The summed E-state index contributed by atoms with van der Waals surface area (Å²) in [5.41, 5.74) is 0.672. The number of ether oxygens (including phenoxy) is 1. The summed E-state index contributed by atoms with van der Waals surface area (Å²) in [6, 6.07) is 9.31. The van der Waals surface area contributed by atoms with Crippen LogP contribution in [0, 0.1) is 23.2 Å². The SMILES string of the molecule is COc1ccccc1N(C)C(=O)C(C#N)C(C)C. The third-order valence-electron chi connectivity index (χ3n) is 2.85. The number of para-hydroxylation sites is 2. The maximum absolute atomic E-state index is 12.2. The molecule has 96 valence electrons. The zero-order chi connectivity index (χ0) is 13.7. The molecule has 1 aromatic carbocycles. The van der Waals surface area contributed by atoms with Crippen LogP contribution in [0.2, 0.25) is 0 Å². The van der Waals surface area contributed by atoms with E-state index < -0.39 is 5.92 Å². The van der Waals surface area contributed by atoms with E-state index in [1.807, 2.05) is 26.0 Å². The molecule has 0 aliphatic rings. The van der Waals surface area contributed by atoms with Crippen LogP contribution in [-0.4, -0.2) is 20.1 Å². The van der Waals surface area contributed by atoms with Crippen molar-refractivity contribution in [1.82, 2.24) is 0 Å². The molecule has 0 saturated carbocycles. The van der Waals surface area contributed by atoms with E-state index in [0.717, 1.165) is 0 Å². The Morgan fingerprint density at radius 1 is 1.39 bits per heavy atom. The molecule has 0 fully saturated rings. The molecule has 4 heteroatoms. The first kappa shape index (κ1) is 14.0. The second-order valence-corrected chi connectivity index (χ2v) is 4.42. The fraction of sp³-hybridized carbons (Fsp3) is 0.429. The summed E-state index contributed by atoms with van der Waals surface area (Å²) in [6.45, 7) is 3.73. The van der Waals surface area contributed by atoms with Crippen LogP contribution < -0.4 is 9.64 Å². The van der Waals surface area contributed by atoms with E-state index in [4.69, 9.17) is 10.00 Å². The Hall–Kier alpha value is -2.02. The van der Waals surface area contributed by atoms with E-state index in [2.05, 4.69) is 6.07 Å². The average Bonchev–Trinajstić information content (AvgIpc) is 2.38. The highest BCUT2D eigenvalue weighted by Crippen LogP contribution is 2.28. The van der Waals surface area contributed by atoms with Crippen molar-refractivity contribution < 1.29 is 9.53 Å². The number of methoxy groups -OCH3 is 1. The van der Waals surface area contributed by atoms with Crippen LogP contribution in [0.25, 0.3) is 0 Å². The van der Waals surface area contributed by atoms with Gasteiger partial charge in [0.25, 0.3) is 0 Å². The van der Waals surface area contributed by atoms with Crippen molar-refractivity contribution in [1.29, 1.82) is 5.26 Å². The number of carbonyl (C=O) groups is 1. The van der Waals surface area contributed by atoms with Crippen molar-refractivity contribution in [2.75, 3.05) is 19.1 Å². The number of hydrogen-bond acceptors (Lipinski definition) is 3. The quantitative estimate of drug-likeness (QED) is 0.820. The van der Waals surface area contributed by atoms with Gasteiger partial charge in [-0.3, -0.25) is 4.79 Å². The van der Waals surface area contributed by atoms with Crippen LogP contribution in [0.4, 0.5) is 5.69 Å². The summed E-state index contributed by atoms with van der Waals surface area (Å²) >= 11 is 0. The molecule has 1 aromatic rings. The summed E-state index contributed by atoms with van der Waals surface area (Å²) in [7, 11) is 3.22. The first-order chi connectivity index (χ1) is 8.52. The van der Waals surface area contributed by atoms with Gasteiger partial charge in [0.15, 0.2) is 0 Å². The highest BCUT2D eigenvalue weighted by Gasteiger charge is 2.26. The minimum atomic E-state index is -0.639. The Balaban J connectivity index is 3.03. The minimum Gasteiger partial charge on any atom is -0.495 e. The molecule has 4 nitrogen and oxygen atoms in total. The number of anilines is 1. The van der Waals surface area contributed by atoms with E-state index in [1.54, 1.807) is 26.3 Å². The van der Waals surface area contributed by atoms with Crippen molar-refractivity contribution in [2.24, 2.45) is 11.8 Å². The lowest BCUT2D eigenvalue weighted by Gasteiger charge is -2.23. The summed E-state index contributed by atoms with van der Waals surface area (Å²) in [5, 5.41) is 9.06. The second kappa shape index (κ2) is 6.06. The molecule has 1 unspecified atom stereocenters. The zero-order valence-electron chi connectivity index (χ0n) is 11.2. The van der Waals surface area contributed by atoms with Crippen LogP contribution >= 0.6 is 0 Å². The van der Waals surface area contributed by atoms with E-state index in [1.165, 1.54) is 4.90 Å². The van der Waals surface area contributed by atoms with E-state index >= 15 is 0 Å². The van der Waals surface area contributed by atoms with Gasteiger partial charge in [0.05, 0.1) is 18.9 Å². The number of benzene rings is 1. The van der Waals surface area contributed by atoms with Gasteiger partial charge in [-0.15, -0.1) is 0 Å². The first-order valence-electron chi connectivity index (χ1n) is 5.83. The highest BCUT2D eigenvalue weighted by molar-refractivity contribution is 5.97. The Morgan fingerprint density at radius 2 is 2.00 bits per heavy atom. The largest absolute Gasteiger partial charge is 0.495 e. The van der Waals surface area contributed by atoms with Crippen LogP contribution in [0.15, 0.2) is 24.3 Å². The molecule has 0 saturated heterocycles. The van der Waals surface area contributed by atoms with E-state index in [9.17, 15) is 4.79 Å². The molecule has 0 heterocycles. The van der Waals surface area contributed by atoms with Gasteiger partial charge in [0.1, 0.15) is 11.7 Å². The number of nitrogens with zero attached hydrogens (tertiary/aromatic N) is 2. The zero-order valence-corrected chi connectivity index (χ0v) is 11.2. The molecule has 0 aliphatic heterocycles. The summed E-state index contributed by atoms with van der Waals surface area (Å²) in [5.74, 6) is -0.245. The molecule has 0 aliphatic carbocycles. The van der Waals surface area contributed by atoms with Gasteiger partial charge < -0.3 is 9.64 Å².